The molecule has 1 aromatic heterocycles. The second-order valence-corrected chi connectivity index (χ2v) is 10.4. The lowest BCUT2D eigenvalue weighted by Crippen LogP contribution is -2.36. The van der Waals surface area contributed by atoms with Gasteiger partial charge in [0.1, 0.15) is 11.7 Å². The molecule has 0 saturated carbocycles. The number of carbonyl (C=O) groups excluding carboxylic acids is 2. The number of hydrogen-bond acceptors (Lipinski definition) is 7. The molecule has 0 radical (unpaired) electrons. The molecule has 0 spiro atoms. The number of nitrogens with zero attached hydrogens (tertiary/aromatic N) is 4. The van der Waals surface area contributed by atoms with Crippen LogP contribution < -0.4 is 14.8 Å². The van der Waals surface area contributed by atoms with Gasteiger partial charge in [-0.2, -0.15) is 4.57 Å². The Bertz CT molecular complexity index is 1270. The largest absolute Gasteiger partial charge is 0.550 e. The number of aryl methyl sites for hydroxylation is 1. The summed E-state index contributed by atoms with van der Waals surface area (Å²) in [5.74, 6) is -2.17. The first kappa shape index (κ1) is 28.7. The lowest BCUT2D eigenvalue weighted by molar-refractivity contribution is -0.870. The van der Waals surface area contributed by atoms with E-state index in [4.69, 9.17) is 19.8 Å². The summed E-state index contributed by atoms with van der Waals surface area (Å²) in [4.78, 5) is 24.6. The number of benzene rings is 2. The molecule has 0 saturated heterocycles. The van der Waals surface area contributed by atoms with E-state index in [2.05, 4.69) is 97.4 Å². The first-order chi connectivity index (χ1) is 16.9. The van der Waals surface area contributed by atoms with E-state index in [0.29, 0.717) is 0 Å². The van der Waals surface area contributed by atoms with Gasteiger partial charge in [0.25, 0.3) is 5.01 Å². The fraction of sp³-hybridized carbons (Fsp3) is 0.333. The van der Waals surface area contributed by atoms with Crippen molar-refractivity contribution in [2.24, 2.45) is 12.0 Å². The Morgan fingerprint density at radius 1 is 1.08 bits per heavy atom. The van der Waals surface area contributed by atoms with Gasteiger partial charge >= 0.3 is 0 Å². The highest BCUT2D eigenvalue weighted by Gasteiger charge is 2.18. The van der Waals surface area contributed by atoms with Crippen molar-refractivity contribution < 1.29 is 28.9 Å². The predicted octanol–water partition coefficient (Wildman–Crippen LogP) is 1.69. The van der Waals surface area contributed by atoms with Crippen LogP contribution in [-0.2, 0) is 16.6 Å². The summed E-state index contributed by atoms with van der Waals surface area (Å²) in [6.07, 6.45) is 9.52. The summed E-state index contributed by atoms with van der Waals surface area (Å²) in [6, 6.07) is 13.0. The van der Waals surface area contributed by atoms with Crippen molar-refractivity contribution in [3.63, 3.8) is 0 Å². The molecular formula is C27H34N4O4S. The van der Waals surface area contributed by atoms with Crippen LogP contribution >= 0.6 is 11.3 Å². The zero-order valence-corrected chi connectivity index (χ0v) is 22.5. The van der Waals surface area contributed by atoms with Gasteiger partial charge in [-0.05, 0) is 37.4 Å². The lowest BCUT2D eigenvalue weighted by Gasteiger charge is -2.25. The van der Waals surface area contributed by atoms with E-state index in [9.17, 15) is 0 Å². The number of thiazole rings is 1. The topological polar surface area (TPSA) is 99.7 Å². The molecular weight excluding hydrogens is 476 g/mol. The quantitative estimate of drug-likeness (QED) is 0.384. The number of aromatic nitrogens is 1. The molecule has 9 heteroatoms. The number of aliphatic imine (C=N–C) groups is 1. The first-order valence-electron chi connectivity index (χ1n) is 11.5. The van der Waals surface area contributed by atoms with Gasteiger partial charge in [-0.1, -0.05) is 35.6 Å². The number of carboxylic acids is 2. The third-order valence-electron chi connectivity index (χ3n) is 5.05. The zero-order valence-electron chi connectivity index (χ0n) is 21.7. The van der Waals surface area contributed by atoms with Gasteiger partial charge in [0, 0.05) is 37.2 Å². The molecule has 192 valence electrons. The SMILES string of the molecule is CC(=O)[O-].CC(=O)[O-].C[n+]1c(/C=C2/C=CN(CCC[N+](C)(C)C)C=N2)sc2ccc3ccccc3c21. The molecule has 1 aliphatic heterocycles. The molecule has 0 bridgehead atoms. The molecule has 2 aromatic carbocycles. The number of carboxylic acid groups (broad SMARTS) is 2. The van der Waals surface area contributed by atoms with E-state index in [1.54, 1.807) is 0 Å². The Hall–Kier alpha value is -3.56. The number of carbonyl (C=O) groups is 2. The first-order valence-corrected chi connectivity index (χ1v) is 12.3. The Morgan fingerprint density at radius 3 is 2.31 bits per heavy atom. The van der Waals surface area contributed by atoms with Gasteiger partial charge in [-0.25, -0.2) is 4.99 Å². The standard InChI is InChI=1S/C23H28N4S.2C2H4O2/c1-25-22(28-21-11-10-18-8-5-6-9-20(18)23(21)25)16-19-12-14-26(17-24-19)13-7-15-27(2,3)4;2*1-2(3)4/h5-6,8-12,14,16-17H,7,13,15H2,1-4H3;2*1H3,(H,3,4)/q+2;;/p-2. The van der Waals surface area contributed by atoms with E-state index in [0.717, 1.165) is 43.5 Å². The third-order valence-corrected chi connectivity index (χ3v) is 6.20. The minimum absolute atomic E-state index is 0.972. The maximum absolute atomic E-state index is 8.89. The van der Waals surface area contributed by atoms with Crippen molar-refractivity contribution in [2.45, 2.75) is 20.3 Å². The average Bonchev–Trinajstić information content (AvgIpc) is 3.09. The molecule has 0 unspecified atom stereocenters. The summed E-state index contributed by atoms with van der Waals surface area (Å²) >= 11 is 1.81. The normalized spacial score (nSPS) is 13.8. The zero-order chi connectivity index (χ0) is 26.9. The Balaban J connectivity index is 0.000000501. The van der Waals surface area contributed by atoms with E-state index < -0.39 is 11.9 Å². The molecule has 4 rings (SSSR count). The number of hydrogen-bond donors (Lipinski definition) is 0. The molecule has 3 aromatic rings. The van der Waals surface area contributed by atoms with Crippen LogP contribution in [0.2, 0.25) is 0 Å². The fourth-order valence-corrected chi connectivity index (χ4v) is 4.66. The highest BCUT2D eigenvalue weighted by molar-refractivity contribution is 7.19. The van der Waals surface area contributed by atoms with Crippen molar-refractivity contribution in [2.75, 3.05) is 34.2 Å². The van der Waals surface area contributed by atoms with Crippen LogP contribution in [0.3, 0.4) is 0 Å². The third kappa shape index (κ3) is 9.24. The van der Waals surface area contributed by atoms with Gasteiger partial charge < -0.3 is 29.2 Å². The highest BCUT2D eigenvalue weighted by Crippen LogP contribution is 2.29. The molecule has 0 atom stereocenters. The van der Waals surface area contributed by atoms with Crippen molar-refractivity contribution >= 4 is 56.7 Å². The summed E-state index contributed by atoms with van der Waals surface area (Å²) < 4.78 is 4.59. The van der Waals surface area contributed by atoms with Crippen molar-refractivity contribution in [3.8, 4) is 0 Å². The van der Waals surface area contributed by atoms with E-state index in [1.807, 2.05) is 17.7 Å². The van der Waals surface area contributed by atoms with Gasteiger partial charge in [0.05, 0.1) is 45.1 Å². The molecule has 0 amide bonds. The van der Waals surface area contributed by atoms with Crippen molar-refractivity contribution in [3.05, 3.63) is 59.4 Å². The Labute approximate surface area is 216 Å². The second kappa shape index (κ2) is 12.9. The van der Waals surface area contributed by atoms with Crippen LogP contribution in [0.4, 0.5) is 0 Å². The monoisotopic (exact) mass is 510 g/mol. The molecule has 0 aliphatic carbocycles. The highest BCUT2D eigenvalue weighted by atomic mass is 32.1. The van der Waals surface area contributed by atoms with E-state index in [-0.39, 0.29) is 0 Å². The minimum Gasteiger partial charge on any atom is -0.550 e. The van der Waals surface area contributed by atoms with Crippen molar-refractivity contribution in [1.82, 2.24) is 4.90 Å². The fourth-order valence-electron chi connectivity index (χ4n) is 3.55. The van der Waals surface area contributed by atoms with Gasteiger partial charge in [0.2, 0.25) is 5.52 Å². The average molecular weight is 511 g/mol. The molecule has 0 N–H and O–H groups in total. The lowest BCUT2D eigenvalue weighted by atomic mass is 10.1. The van der Waals surface area contributed by atoms with Crippen LogP contribution in [0.25, 0.3) is 27.1 Å². The van der Waals surface area contributed by atoms with Crippen LogP contribution in [0.15, 0.2) is 59.4 Å². The smallest absolute Gasteiger partial charge is 0.264 e. The minimum atomic E-state index is -1.08. The van der Waals surface area contributed by atoms with Gasteiger partial charge in [0.15, 0.2) is 0 Å². The van der Waals surface area contributed by atoms with Crippen LogP contribution in [0.1, 0.15) is 25.3 Å². The number of allylic oxidation sites excluding steroid dienone is 1. The van der Waals surface area contributed by atoms with Crippen molar-refractivity contribution in [1.29, 1.82) is 0 Å². The number of aliphatic carboxylic acids is 2. The molecule has 36 heavy (non-hydrogen) atoms. The van der Waals surface area contributed by atoms with E-state index >= 15 is 0 Å². The van der Waals surface area contributed by atoms with Gasteiger partial charge in [-0.15, -0.1) is 0 Å². The summed E-state index contributed by atoms with van der Waals surface area (Å²) in [7, 11) is 8.84. The second-order valence-electron chi connectivity index (χ2n) is 9.35. The number of rotatable bonds is 5. The molecule has 8 nitrogen and oxygen atoms in total. The predicted molar refractivity (Wildman–Crippen MR) is 142 cm³/mol. The molecule has 2 heterocycles. The Kier molecular flexibility index (Phi) is 10.3. The summed E-state index contributed by atoms with van der Waals surface area (Å²) in [5.41, 5.74) is 2.29. The molecule has 0 fully saturated rings. The number of fused-ring (bicyclic) bond motifs is 3. The van der Waals surface area contributed by atoms with Gasteiger partial charge in [-0.3, -0.25) is 0 Å². The van der Waals surface area contributed by atoms with E-state index in [1.165, 1.54) is 26.0 Å². The van der Waals surface area contributed by atoms with Crippen LogP contribution in [-0.4, -0.2) is 61.9 Å². The Morgan fingerprint density at radius 2 is 1.72 bits per heavy atom. The summed E-state index contributed by atoms with van der Waals surface area (Å²) in [6.45, 7) is 4.11. The molecule has 1 aliphatic rings. The number of quaternary nitrogens is 1. The van der Waals surface area contributed by atoms with Crippen LogP contribution in [0.5, 0.6) is 0 Å². The maximum atomic E-state index is 8.89. The van der Waals surface area contributed by atoms with Crippen LogP contribution in [0, 0.1) is 0 Å². The maximum Gasteiger partial charge on any atom is 0.264 e. The summed E-state index contributed by atoms with van der Waals surface area (Å²) in [5, 5.41) is 21.6.